The van der Waals surface area contributed by atoms with Crippen molar-refractivity contribution in [3.8, 4) is 0 Å². The van der Waals surface area contributed by atoms with Crippen LogP contribution in [-0.4, -0.2) is 19.5 Å². The fourth-order valence-electron chi connectivity index (χ4n) is 1.27. The fraction of sp³-hybridized carbons (Fsp3) is 0.400. The van der Waals surface area contributed by atoms with Crippen molar-refractivity contribution in [1.29, 1.82) is 0 Å². The number of alkyl halides is 2. The van der Waals surface area contributed by atoms with Crippen LogP contribution >= 0.6 is 11.6 Å². The van der Waals surface area contributed by atoms with E-state index < -0.39 is 5.92 Å². The van der Waals surface area contributed by atoms with Crippen molar-refractivity contribution < 1.29 is 8.78 Å². The molecule has 1 aromatic rings. The maximum atomic E-state index is 13.1. The molecule has 0 radical (unpaired) electrons. The van der Waals surface area contributed by atoms with Crippen molar-refractivity contribution in [3.05, 3.63) is 34.9 Å². The van der Waals surface area contributed by atoms with Crippen LogP contribution in [0.4, 0.5) is 8.78 Å². The molecule has 0 heterocycles. The maximum absolute atomic E-state index is 13.1. The first-order chi connectivity index (χ1) is 6.53. The second-order valence-electron chi connectivity index (χ2n) is 3.19. The third-order valence-electron chi connectivity index (χ3n) is 1.79. The SMILES string of the molecule is CNCC(F)(F)Cc1cccc(Cl)c1. The minimum absolute atomic E-state index is 0.283. The quantitative estimate of drug-likeness (QED) is 0.821. The van der Waals surface area contributed by atoms with Gasteiger partial charge in [-0.2, -0.15) is 0 Å². The molecule has 0 bridgehead atoms. The topological polar surface area (TPSA) is 12.0 Å². The van der Waals surface area contributed by atoms with Gasteiger partial charge in [-0.3, -0.25) is 0 Å². The summed E-state index contributed by atoms with van der Waals surface area (Å²) in [5.74, 6) is -2.72. The van der Waals surface area contributed by atoms with Gasteiger partial charge in [0.2, 0.25) is 0 Å². The number of nitrogens with one attached hydrogen (secondary N) is 1. The van der Waals surface area contributed by atoms with Crippen LogP contribution in [0.1, 0.15) is 5.56 Å². The average Bonchev–Trinajstić information content (AvgIpc) is 2.02. The van der Waals surface area contributed by atoms with Gasteiger partial charge in [0, 0.05) is 11.4 Å². The molecule has 0 saturated carbocycles. The van der Waals surface area contributed by atoms with Crippen molar-refractivity contribution in [2.24, 2.45) is 0 Å². The van der Waals surface area contributed by atoms with E-state index in [-0.39, 0.29) is 13.0 Å². The summed E-state index contributed by atoms with van der Waals surface area (Å²) >= 11 is 5.69. The third-order valence-corrected chi connectivity index (χ3v) is 2.02. The number of benzene rings is 1. The van der Waals surface area contributed by atoms with Crippen LogP contribution in [0, 0.1) is 0 Å². The molecule has 1 nitrogen and oxygen atoms in total. The third kappa shape index (κ3) is 3.60. The van der Waals surface area contributed by atoms with Gasteiger partial charge in [0.25, 0.3) is 5.92 Å². The fourth-order valence-corrected chi connectivity index (χ4v) is 1.48. The van der Waals surface area contributed by atoms with Crippen LogP contribution in [0.3, 0.4) is 0 Å². The molecule has 0 aromatic heterocycles. The summed E-state index contributed by atoms with van der Waals surface area (Å²) in [5.41, 5.74) is 0.553. The summed E-state index contributed by atoms with van der Waals surface area (Å²) in [6.07, 6.45) is -0.283. The zero-order valence-electron chi connectivity index (χ0n) is 7.86. The van der Waals surface area contributed by atoms with Crippen LogP contribution in [0.15, 0.2) is 24.3 Å². The van der Waals surface area contributed by atoms with Crippen molar-refractivity contribution in [1.82, 2.24) is 5.32 Å². The van der Waals surface area contributed by atoms with Crippen LogP contribution in [0.25, 0.3) is 0 Å². The van der Waals surface area contributed by atoms with Crippen LogP contribution in [-0.2, 0) is 6.42 Å². The summed E-state index contributed by atoms with van der Waals surface area (Å²) < 4.78 is 26.3. The molecular formula is C10H12ClF2N. The molecule has 1 aromatic carbocycles. The number of hydrogen-bond acceptors (Lipinski definition) is 1. The van der Waals surface area contributed by atoms with E-state index in [4.69, 9.17) is 11.6 Å². The van der Waals surface area contributed by atoms with Crippen molar-refractivity contribution >= 4 is 11.6 Å². The van der Waals surface area contributed by atoms with E-state index in [1.165, 1.54) is 7.05 Å². The molecule has 4 heteroatoms. The van der Waals surface area contributed by atoms with E-state index in [0.29, 0.717) is 10.6 Å². The summed E-state index contributed by atoms with van der Waals surface area (Å²) in [4.78, 5) is 0. The van der Waals surface area contributed by atoms with Gasteiger partial charge >= 0.3 is 0 Å². The molecule has 0 unspecified atom stereocenters. The molecule has 1 rings (SSSR count). The average molecular weight is 220 g/mol. The number of halogens is 3. The Hall–Kier alpha value is -0.670. The second-order valence-corrected chi connectivity index (χ2v) is 3.63. The lowest BCUT2D eigenvalue weighted by Crippen LogP contribution is -2.32. The van der Waals surface area contributed by atoms with E-state index in [2.05, 4.69) is 5.32 Å². The Morgan fingerprint density at radius 2 is 2.14 bits per heavy atom. The predicted octanol–water partition coefficient (Wildman–Crippen LogP) is 2.74. The zero-order valence-corrected chi connectivity index (χ0v) is 8.61. The Kier molecular flexibility index (Phi) is 3.84. The lowest BCUT2D eigenvalue weighted by molar-refractivity contribution is 0.00451. The van der Waals surface area contributed by atoms with E-state index in [0.717, 1.165) is 0 Å². The maximum Gasteiger partial charge on any atom is 0.264 e. The number of rotatable bonds is 4. The molecule has 0 aliphatic rings. The van der Waals surface area contributed by atoms with Crippen molar-refractivity contribution in [2.75, 3.05) is 13.6 Å². The van der Waals surface area contributed by atoms with Crippen LogP contribution in [0.5, 0.6) is 0 Å². The van der Waals surface area contributed by atoms with Crippen LogP contribution in [0.2, 0.25) is 5.02 Å². The minimum Gasteiger partial charge on any atom is -0.314 e. The zero-order chi connectivity index (χ0) is 10.6. The van der Waals surface area contributed by atoms with Crippen molar-refractivity contribution in [2.45, 2.75) is 12.3 Å². The lowest BCUT2D eigenvalue weighted by atomic mass is 10.1. The first-order valence-corrected chi connectivity index (χ1v) is 4.68. The number of hydrogen-bond donors (Lipinski definition) is 1. The molecule has 0 aliphatic heterocycles. The summed E-state index contributed by atoms with van der Waals surface area (Å²) in [6, 6.07) is 6.55. The first-order valence-electron chi connectivity index (χ1n) is 4.30. The Labute approximate surface area is 87.1 Å². The van der Waals surface area contributed by atoms with Gasteiger partial charge in [-0.1, -0.05) is 23.7 Å². The summed E-state index contributed by atoms with van der Waals surface area (Å²) in [6.45, 7) is -0.320. The van der Waals surface area contributed by atoms with Crippen molar-refractivity contribution in [3.63, 3.8) is 0 Å². The monoisotopic (exact) mass is 219 g/mol. The van der Waals surface area contributed by atoms with Crippen LogP contribution < -0.4 is 5.32 Å². The Bertz CT molecular complexity index is 302. The molecule has 0 atom stereocenters. The summed E-state index contributed by atoms with van der Waals surface area (Å²) in [5, 5.41) is 2.95. The highest BCUT2D eigenvalue weighted by atomic mass is 35.5. The second kappa shape index (κ2) is 4.71. The first kappa shape index (κ1) is 11.4. The van der Waals surface area contributed by atoms with Gasteiger partial charge in [0.05, 0.1) is 6.54 Å². The molecule has 1 N–H and O–H groups in total. The molecule has 0 saturated heterocycles. The normalized spacial score (nSPS) is 11.7. The van der Waals surface area contributed by atoms with Gasteiger partial charge in [0.15, 0.2) is 0 Å². The molecule has 78 valence electrons. The van der Waals surface area contributed by atoms with Gasteiger partial charge in [-0.05, 0) is 24.7 Å². The van der Waals surface area contributed by atoms with E-state index in [9.17, 15) is 8.78 Å². The van der Waals surface area contributed by atoms with Gasteiger partial charge in [-0.25, -0.2) is 8.78 Å². The molecule has 0 amide bonds. The minimum atomic E-state index is -2.72. The molecular weight excluding hydrogens is 208 g/mol. The predicted molar refractivity (Wildman–Crippen MR) is 54.0 cm³/mol. The highest BCUT2D eigenvalue weighted by Gasteiger charge is 2.27. The Balaban J connectivity index is 2.68. The van der Waals surface area contributed by atoms with Gasteiger partial charge in [0.1, 0.15) is 0 Å². The Morgan fingerprint density at radius 3 is 2.71 bits per heavy atom. The highest BCUT2D eigenvalue weighted by molar-refractivity contribution is 6.30. The van der Waals surface area contributed by atoms with E-state index >= 15 is 0 Å². The van der Waals surface area contributed by atoms with E-state index in [1.807, 2.05) is 0 Å². The standard InChI is InChI=1S/C10H12ClF2N/c1-14-7-10(12,13)6-8-3-2-4-9(11)5-8/h2-5,14H,6-7H2,1H3. The Morgan fingerprint density at radius 1 is 1.43 bits per heavy atom. The molecule has 0 fully saturated rings. The van der Waals surface area contributed by atoms with Gasteiger partial charge < -0.3 is 5.32 Å². The summed E-state index contributed by atoms with van der Waals surface area (Å²) in [7, 11) is 1.51. The van der Waals surface area contributed by atoms with E-state index in [1.54, 1.807) is 24.3 Å². The smallest absolute Gasteiger partial charge is 0.264 e. The molecule has 0 spiro atoms. The highest BCUT2D eigenvalue weighted by Crippen LogP contribution is 2.21. The van der Waals surface area contributed by atoms with Gasteiger partial charge in [-0.15, -0.1) is 0 Å². The molecule has 14 heavy (non-hydrogen) atoms. The molecule has 0 aliphatic carbocycles. The lowest BCUT2D eigenvalue weighted by Gasteiger charge is -2.15. The largest absolute Gasteiger partial charge is 0.314 e.